The molecule has 0 spiro atoms. The molecule has 0 radical (unpaired) electrons. The third-order valence-electron chi connectivity index (χ3n) is 4.96. The van der Waals surface area contributed by atoms with Gasteiger partial charge in [-0.3, -0.25) is 4.79 Å². The summed E-state index contributed by atoms with van der Waals surface area (Å²) in [5.74, 6) is -0.234. The Morgan fingerprint density at radius 3 is 2.61 bits per heavy atom. The molecule has 1 fully saturated rings. The van der Waals surface area contributed by atoms with Crippen molar-refractivity contribution in [3.63, 3.8) is 0 Å². The van der Waals surface area contributed by atoms with Crippen molar-refractivity contribution in [2.45, 2.75) is 12.8 Å². The van der Waals surface area contributed by atoms with Gasteiger partial charge in [0.2, 0.25) is 0 Å². The summed E-state index contributed by atoms with van der Waals surface area (Å²) in [7, 11) is 0. The van der Waals surface area contributed by atoms with E-state index in [1.165, 1.54) is 23.5 Å². The summed E-state index contributed by atoms with van der Waals surface area (Å²) in [6.07, 6.45) is 3.73. The van der Waals surface area contributed by atoms with Gasteiger partial charge in [0.25, 0.3) is 5.91 Å². The molecule has 0 atom stereocenters. The number of halogens is 1. The third kappa shape index (κ3) is 2.97. The maximum atomic E-state index is 13.1. The van der Waals surface area contributed by atoms with Crippen molar-refractivity contribution in [3.05, 3.63) is 59.4 Å². The molecule has 1 saturated heterocycles. The topological polar surface area (TPSA) is 59.2 Å². The number of hydrogen-bond donors (Lipinski definition) is 0. The second-order valence-electron chi connectivity index (χ2n) is 6.78. The van der Waals surface area contributed by atoms with Gasteiger partial charge < -0.3 is 9.42 Å². The first-order valence-electron chi connectivity index (χ1n) is 9.10. The molecule has 0 N–H and O–H groups in total. The number of carbonyl (C=O) groups excluding carboxylic acids is 1. The number of fused-ring (bicyclic) bond motifs is 1. The molecule has 4 aromatic rings. The minimum atomic E-state index is -0.269. The Hall–Kier alpha value is -3.06. The molecule has 0 unspecified atom stereocenters. The Labute approximate surface area is 164 Å². The molecule has 7 heteroatoms. The fourth-order valence-corrected chi connectivity index (χ4v) is 4.35. The number of amides is 1. The van der Waals surface area contributed by atoms with Crippen molar-refractivity contribution in [2.75, 3.05) is 13.1 Å². The van der Waals surface area contributed by atoms with Gasteiger partial charge in [0, 0.05) is 13.1 Å². The molecule has 28 heavy (non-hydrogen) atoms. The Bertz CT molecular complexity index is 1160. The van der Waals surface area contributed by atoms with Crippen LogP contribution in [0, 0.1) is 5.82 Å². The fourth-order valence-electron chi connectivity index (χ4n) is 3.47. The van der Waals surface area contributed by atoms with Crippen LogP contribution in [0.5, 0.6) is 0 Å². The lowest BCUT2D eigenvalue weighted by Gasteiger charge is -2.12. The lowest BCUT2D eigenvalue weighted by molar-refractivity contribution is 0.0797. The van der Waals surface area contributed by atoms with Crippen molar-refractivity contribution in [2.24, 2.45) is 0 Å². The average molecular weight is 393 g/mol. The van der Waals surface area contributed by atoms with Crippen LogP contribution in [0.2, 0.25) is 0 Å². The van der Waals surface area contributed by atoms with Crippen LogP contribution in [0.4, 0.5) is 4.39 Å². The summed E-state index contributed by atoms with van der Waals surface area (Å²) >= 11 is 1.34. The van der Waals surface area contributed by atoms with Crippen LogP contribution in [0.1, 0.15) is 22.5 Å². The van der Waals surface area contributed by atoms with E-state index in [-0.39, 0.29) is 11.7 Å². The SMILES string of the molecule is O=C(c1cnc(-c2noc3cc(-c4ccc(F)cc4)ccc23)s1)N1CCCC1. The summed E-state index contributed by atoms with van der Waals surface area (Å²) in [6, 6.07) is 12.1. The summed E-state index contributed by atoms with van der Waals surface area (Å²) in [5, 5.41) is 5.67. The number of carbonyl (C=O) groups is 1. The van der Waals surface area contributed by atoms with Gasteiger partial charge in [-0.25, -0.2) is 9.37 Å². The van der Waals surface area contributed by atoms with Crippen LogP contribution in [-0.2, 0) is 0 Å². The molecule has 1 aliphatic rings. The summed E-state index contributed by atoms with van der Waals surface area (Å²) in [4.78, 5) is 19.4. The molecule has 2 aromatic carbocycles. The van der Waals surface area contributed by atoms with E-state index in [0.29, 0.717) is 21.2 Å². The van der Waals surface area contributed by atoms with Crippen molar-refractivity contribution in [1.82, 2.24) is 15.0 Å². The van der Waals surface area contributed by atoms with Crippen LogP contribution in [0.3, 0.4) is 0 Å². The molecule has 5 rings (SSSR count). The predicted octanol–water partition coefficient (Wildman–Crippen LogP) is 4.99. The van der Waals surface area contributed by atoms with E-state index in [0.717, 1.165) is 42.4 Å². The number of likely N-dealkylation sites (tertiary alicyclic amines) is 1. The highest BCUT2D eigenvalue weighted by Gasteiger charge is 2.23. The maximum Gasteiger partial charge on any atom is 0.265 e. The number of hydrogen-bond acceptors (Lipinski definition) is 5. The molecule has 0 saturated carbocycles. The Kier molecular flexibility index (Phi) is 4.16. The van der Waals surface area contributed by atoms with Gasteiger partial charge in [0.15, 0.2) is 5.58 Å². The molecule has 1 amide bonds. The lowest BCUT2D eigenvalue weighted by atomic mass is 10.0. The van der Waals surface area contributed by atoms with Gasteiger partial charge in [0.05, 0.1) is 11.6 Å². The molecular weight excluding hydrogens is 377 g/mol. The highest BCUT2D eigenvalue weighted by molar-refractivity contribution is 7.17. The van der Waals surface area contributed by atoms with Crippen LogP contribution in [0.15, 0.2) is 53.2 Å². The zero-order valence-corrected chi connectivity index (χ0v) is 15.7. The van der Waals surface area contributed by atoms with E-state index in [4.69, 9.17) is 4.52 Å². The molecule has 0 bridgehead atoms. The molecule has 140 valence electrons. The summed E-state index contributed by atoms with van der Waals surface area (Å²) in [6.45, 7) is 1.62. The molecular formula is C21H16FN3O2S. The number of thiazole rings is 1. The highest BCUT2D eigenvalue weighted by Crippen LogP contribution is 2.34. The standard InChI is InChI=1S/C21H16FN3O2S/c22-15-6-3-13(4-7-15)14-5-8-16-17(11-14)27-24-19(16)20-23-12-18(28-20)21(26)25-9-1-2-10-25/h3-8,11-12H,1-2,9-10H2. The first-order chi connectivity index (χ1) is 13.7. The monoisotopic (exact) mass is 393 g/mol. The van der Waals surface area contributed by atoms with Crippen molar-refractivity contribution in [3.8, 4) is 21.8 Å². The second kappa shape index (κ2) is 6.83. The van der Waals surface area contributed by atoms with E-state index in [1.54, 1.807) is 18.3 Å². The normalized spacial score (nSPS) is 14.1. The van der Waals surface area contributed by atoms with Gasteiger partial charge in [-0.2, -0.15) is 0 Å². The Morgan fingerprint density at radius 1 is 1.07 bits per heavy atom. The largest absolute Gasteiger partial charge is 0.356 e. The van der Waals surface area contributed by atoms with E-state index in [1.807, 2.05) is 23.1 Å². The number of benzene rings is 2. The van der Waals surface area contributed by atoms with Crippen LogP contribution in [-0.4, -0.2) is 34.0 Å². The van der Waals surface area contributed by atoms with Crippen LogP contribution < -0.4 is 0 Å². The van der Waals surface area contributed by atoms with E-state index in [9.17, 15) is 9.18 Å². The number of aromatic nitrogens is 2. The summed E-state index contributed by atoms with van der Waals surface area (Å²) in [5.41, 5.74) is 3.07. The third-order valence-corrected chi connectivity index (χ3v) is 5.95. The Morgan fingerprint density at radius 2 is 1.82 bits per heavy atom. The quantitative estimate of drug-likeness (QED) is 0.492. The van der Waals surface area contributed by atoms with Gasteiger partial charge >= 0.3 is 0 Å². The van der Waals surface area contributed by atoms with Gasteiger partial charge in [-0.05, 0) is 48.2 Å². The fraction of sp³-hybridized carbons (Fsp3) is 0.190. The smallest absolute Gasteiger partial charge is 0.265 e. The van der Waals surface area contributed by atoms with Crippen molar-refractivity contribution in [1.29, 1.82) is 0 Å². The van der Waals surface area contributed by atoms with Crippen LogP contribution in [0.25, 0.3) is 32.8 Å². The zero-order valence-electron chi connectivity index (χ0n) is 14.9. The van der Waals surface area contributed by atoms with Gasteiger partial charge in [-0.15, -0.1) is 11.3 Å². The predicted molar refractivity (Wildman–Crippen MR) is 106 cm³/mol. The Balaban J connectivity index is 1.47. The first-order valence-corrected chi connectivity index (χ1v) is 9.91. The minimum Gasteiger partial charge on any atom is -0.356 e. The first kappa shape index (κ1) is 17.1. The minimum absolute atomic E-state index is 0.0349. The number of nitrogens with zero attached hydrogens (tertiary/aromatic N) is 3. The van der Waals surface area contributed by atoms with Crippen molar-refractivity contribution < 1.29 is 13.7 Å². The van der Waals surface area contributed by atoms with Gasteiger partial charge in [-0.1, -0.05) is 23.4 Å². The second-order valence-corrected chi connectivity index (χ2v) is 7.81. The molecule has 5 nitrogen and oxygen atoms in total. The van der Waals surface area contributed by atoms with E-state index in [2.05, 4.69) is 10.1 Å². The molecule has 2 aromatic heterocycles. The summed E-state index contributed by atoms with van der Waals surface area (Å²) < 4.78 is 18.6. The lowest BCUT2D eigenvalue weighted by Crippen LogP contribution is -2.26. The molecule has 1 aliphatic heterocycles. The zero-order chi connectivity index (χ0) is 19.1. The number of rotatable bonds is 3. The van der Waals surface area contributed by atoms with Crippen LogP contribution >= 0.6 is 11.3 Å². The average Bonchev–Trinajstić information content (AvgIpc) is 3.47. The van der Waals surface area contributed by atoms with E-state index >= 15 is 0 Å². The maximum absolute atomic E-state index is 13.1. The molecule has 0 aliphatic carbocycles. The van der Waals surface area contributed by atoms with Gasteiger partial charge in [0.1, 0.15) is 21.4 Å². The molecule has 3 heterocycles. The van der Waals surface area contributed by atoms with Crippen molar-refractivity contribution >= 4 is 28.2 Å². The van der Waals surface area contributed by atoms with E-state index < -0.39 is 0 Å². The highest BCUT2D eigenvalue weighted by atomic mass is 32.1.